The van der Waals surface area contributed by atoms with Crippen LogP contribution in [0.25, 0.3) is 11.1 Å². The topological polar surface area (TPSA) is 94.0 Å². The standard InChI is InChI=1S/C21H19BrN4O3S/c1-12-3-6-17-16(9-12)24-21(28-17)30-11-18-25-20(29-26-18)8-7-19(27)23-14-4-5-15(22)13(2)10-14/h3-6,9-10H,7-8,11H2,1-2H3,(H,23,27). The molecule has 0 spiro atoms. The molecule has 4 rings (SSSR count). The van der Waals surface area contributed by atoms with Crippen molar-refractivity contribution in [3.8, 4) is 0 Å². The third-order valence-corrected chi connectivity index (χ3v) is 6.08. The number of benzene rings is 2. The molecule has 0 aliphatic rings. The zero-order valence-corrected chi connectivity index (χ0v) is 18.8. The van der Waals surface area contributed by atoms with Crippen molar-refractivity contribution < 1.29 is 13.7 Å². The van der Waals surface area contributed by atoms with Crippen LogP contribution in [-0.2, 0) is 17.0 Å². The van der Waals surface area contributed by atoms with E-state index < -0.39 is 0 Å². The Morgan fingerprint density at radius 2 is 2.03 bits per heavy atom. The summed E-state index contributed by atoms with van der Waals surface area (Å²) in [5, 5.41) is 7.41. The van der Waals surface area contributed by atoms with Crippen molar-refractivity contribution in [2.24, 2.45) is 0 Å². The molecule has 0 aliphatic heterocycles. The van der Waals surface area contributed by atoms with E-state index in [1.165, 1.54) is 11.8 Å². The Kier molecular flexibility index (Phi) is 6.19. The summed E-state index contributed by atoms with van der Waals surface area (Å²) < 4.78 is 12.0. The smallest absolute Gasteiger partial charge is 0.257 e. The van der Waals surface area contributed by atoms with Gasteiger partial charge in [-0.3, -0.25) is 4.79 Å². The summed E-state index contributed by atoms with van der Waals surface area (Å²) in [4.78, 5) is 21.0. The van der Waals surface area contributed by atoms with E-state index in [-0.39, 0.29) is 12.3 Å². The SMILES string of the molecule is Cc1ccc2oc(SCc3noc(CCC(=O)Nc4ccc(Br)c(C)c4)n3)nc2c1. The van der Waals surface area contributed by atoms with Crippen LogP contribution in [-0.4, -0.2) is 21.0 Å². The second-order valence-corrected chi connectivity index (χ2v) is 8.64. The molecule has 0 aliphatic carbocycles. The maximum atomic E-state index is 12.2. The fourth-order valence-corrected chi connectivity index (χ4v) is 3.75. The van der Waals surface area contributed by atoms with Gasteiger partial charge in [-0.25, -0.2) is 4.98 Å². The number of oxazole rings is 1. The van der Waals surface area contributed by atoms with Crippen LogP contribution in [0.1, 0.15) is 29.3 Å². The first kappa shape index (κ1) is 20.6. The zero-order chi connectivity index (χ0) is 21.1. The number of nitrogens with zero attached hydrogens (tertiary/aromatic N) is 3. The van der Waals surface area contributed by atoms with Gasteiger partial charge in [0, 0.05) is 23.0 Å². The summed E-state index contributed by atoms with van der Waals surface area (Å²) >= 11 is 4.85. The Labute approximate surface area is 185 Å². The Morgan fingerprint density at radius 1 is 1.17 bits per heavy atom. The number of hydrogen-bond acceptors (Lipinski definition) is 7. The highest BCUT2D eigenvalue weighted by Crippen LogP contribution is 2.26. The van der Waals surface area contributed by atoms with E-state index in [0.717, 1.165) is 32.4 Å². The molecule has 0 saturated heterocycles. The number of anilines is 1. The van der Waals surface area contributed by atoms with Crippen molar-refractivity contribution in [1.29, 1.82) is 0 Å². The van der Waals surface area contributed by atoms with Crippen LogP contribution in [0.15, 0.2) is 55.0 Å². The van der Waals surface area contributed by atoms with Crippen molar-refractivity contribution in [1.82, 2.24) is 15.1 Å². The molecule has 1 amide bonds. The van der Waals surface area contributed by atoms with Gasteiger partial charge in [0.1, 0.15) is 5.52 Å². The number of thioether (sulfide) groups is 1. The summed E-state index contributed by atoms with van der Waals surface area (Å²) in [6, 6.07) is 11.6. The van der Waals surface area contributed by atoms with Gasteiger partial charge < -0.3 is 14.3 Å². The van der Waals surface area contributed by atoms with Crippen molar-refractivity contribution >= 4 is 50.4 Å². The van der Waals surface area contributed by atoms with Crippen LogP contribution in [0, 0.1) is 13.8 Å². The van der Waals surface area contributed by atoms with E-state index in [2.05, 4.69) is 36.4 Å². The molecular weight excluding hydrogens is 468 g/mol. The molecule has 0 bridgehead atoms. The van der Waals surface area contributed by atoms with Gasteiger partial charge in [0.25, 0.3) is 5.22 Å². The fourth-order valence-electron chi connectivity index (χ4n) is 2.82. The number of fused-ring (bicyclic) bond motifs is 1. The molecule has 0 unspecified atom stereocenters. The lowest BCUT2D eigenvalue weighted by Gasteiger charge is -2.06. The molecule has 9 heteroatoms. The summed E-state index contributed by atoms with van der Waals surface area (Å²) in [6.45, 7) is 3.99. The Bertz CT molecular complexity index is 1200. The lowest BCUT2D eigenvalue weighted by molar-refractivity contribution is -0.116. The second-order valence-electron chi connectivity index (χ2n) is 6.86. The van der Waals surface area contributed by atoms with Gasteiger partial charge in [-0.05, 0) is 55.3 Å². The number of carbonyl (C=O) groups is 1. The maximum Gasteiger partial charge on any atom is 0.257 e. The summed E-state index contributed by atoms with van der Waals surface area (Å²) in [5.41, 5.74) is 4.54. The number of carbonyl (C=O) groups excluding carboxylic acids is 1. The lowest BCUT2D eigenvalue weighted by Crippen LogP contribution is -2.12. The number of rotatable bonds is 7. The molecule has 0 saturated carbocycles. The molecule has 30 heavy (non-hydrogen) atoms. The largest absolute Gasteiger partial charge is 0.431 e. The van der Waals surface area contributed by atoms with Crippen LogP contribution in [0.3, 0.4) is 0 Å². The van der Waals surface area contributed by atoms with Gasteiger partial charge in [-0.2, -0.15) is 4.98 Å². The molecule has 2 aromatic heterocycles. The average Bonchev–Trinajstić information content (AvgIpc) is 3.33. The van der Waals surface area contributed by atoms with Gasteiger partial charge in [0.05, 0.1) is 5.75 Å². The van der Waals surface area contributed by atoms with E-state index in [4.69, 9.17) is 8.94 Å². The number of hydrogen-bond donors (Lipinski definition) is 1. The predicted molar refractivity (Wildman–Crippen MR) is 118 cm³/mol. The number of halogens is 1. The van der Waals surface area contributed by atoms with Gasteiger partial charge in [-0.15, -0.1) is 0 Å². The Morgan fingerprint density at radius 3 is 2.87 bits per heavy atom. The van der Waals surface area contributed by atoms with E-state index in [9.17, 15) is 4.79 Å². The summed E-state index contributed by atoms with van der Waals surface area (Å²) in [7, 11) is 0. The third-order valence-electron chi connectivity index (χ3n) is 4.37. The minimum atomic E-state index is -0.104. The highest BCUT2D eigenvalue weighted by Gasteiger charge is 2.12. The summed E-state index contributed by atoms with van der Waals surface area (Å²) in [6.07, 6.45) is 0.634. The molecular formula is C21H19BrN4O3S. The van der Waals surface area contributed by atoms with E-state index in [1.54, 1.807) is 0 Å². The minimum absolute atomic E-state index is 0.104. The molecule has 0 fully saturated rings. The van der Waals surface area contributed by atoms with Crippen LogP contribution in [0.2, 0.25) is 0 Å². The first-order valence-electron chi connectivity index (χ1n) is 9.34. The molecule has 154 valence electrons. The number of nitrogens with one attached hydrogen (secondary N) is 1. The van der Waals surface area contributed by atoms with Crippen molar-refractivity contribution in [3.05, 3.63) is 63.7 Å². The highest BCUT2D eigenvalue weighted by atomic mass is 79.9. The van der Waals surface area contributed by atoms with Crippen LogP contribution < -0.4 is 5.32 Å². The lowest BCUT2D eigenvalue weighted by atomic mass is 10.2. The van der Waals surface area contributed by atoms with Crippen molar-refractivity contribution in [3.63, 3.8) is 0 Å². The van der Waals surface area contributed by atoms with Crippen LogP contribution >= 0.6 is 27.7 Å². The summed E-state index contributed by atoms with van der Waals surface area (Å²) in [5.74, 6) is 1.34. The zero-order valence-electron chi connectivity index (χ0n) is 16.4. The molecule has 2 aromatic carbocycles. The van der Waals surface area contributed by atoms with Gasteiger partial charge in [0.2, 0.25) is 11.8 Å². The molecule has 0 atom stereocenters. The highest BCUT2D eigenvalue weighted by molar-refractivity contribution is 9.10. The third kappa shape index (κ3) is 5.09. The first-order chi connectivity index (χ1) is 14.5. The number of aromatic nitrogens is 3. The normalized spacial score (nSPS) is 11.2. The van der Waals surface area contributed by atoms with Gasteiger partial charge >= 0.3 is 0 Å². The predicted octanol–water partition coefficient (Wildman–Crippen LogP) is 5.45. The maximum absolute atomic E-state index is 12.2. The van der Waals surface area contributed by atoms with E-state index in [0.29, 0.717) is 29.1 Å². The second kappa shape index (κ2) is 9.01. The molecule has 0 radical (unpaired) electrons. The molecule has 7 nitrogen and oxygen atoms in total. The fraction of sp³-hybridized carbons (Fsp3) is 0.238. The molecule has 1 N–H and O–H groups in total. The molecule has 4 aromatic rings. The molecule has 2 heterocycles. The van der Waals surface area contributed by atoms with Crippen LogP contribution in [0.5, 0.6) is 0 Å². The Balaban J connectivity index is 1.28. The number of amides is 1. The first-order valence-corrected chi connectivity index (χ1v) is 11.1. The number of aryl methyl sites for hydroxylation is 3. The quantitative estimate of drug-likeness (QED) is 0.346. The van der Waals surface area contributed by atoms with E-state index >= 15 is 0 Å². The van der Waals surface area contributed by atoms with Gasteiger partial charge in [-0.1, -0.05) is 38.9 Å². The van der Waals surface area contributed by atoms with E-state index in [1.807, 2.05) is 50.2 Å². The Hall–Kier alpha value is -2.65. The van der Waals surface area contributed by atoms with Crippen LogP contribution in [0.4, 0.5) is 5.69 Å². The van der Waals surface area contributed by atoms with Crippen molar-refractivity contribution in [2.45, 2.75) is 37.7 Å². The average molecular weight is 487 g/mol. The van der Waals surface area contributed by atoms with Gasteiger partial charge in [0.15, 0.2) is 11.4 Å². The van der Waals surface area contributed by atoms with Crippen molar-refractivity contribution in [2.75, 3.05) is 5.32 Å². The minimum Gasteiger partial charge on any atom is -0.431 e. The monoisotopic (exact) mass is 486 g/mol.